The van der Waals surface area contributed by atoms with E-state index < -0.39 is 6.41 Å². The van der Waals surface area contributed by atoms with Crippen molar-refractivity contribution < 1.29 is 9.47 Å². The molecule has 0 aromatic heterocycles. The van der Waals surface area contributed by atoms with E-state index in [1.807, 2.05) is 13.8 Å². The molecule has 4 nitrogen and oxygen atoms in total. The van der Waals surface area contributed by atoms with Crippen molar-refractivity contribution in [2.45, 2.75) is 45.8 Å². The smallest absolute Gasteiger partial charge is 0.213 e. The minimum Gasteiger partial charge on any atom is -0.337 e. The van der Waals surface area contributed by atoms with Crippen molar-refractivity contribution in [3.8, 4) is 0 Å². The second-order valence-electron chi connectivity index (χ2n) is 4.77. The van der Waals surface area contributed by atoms with Crippen LogP contribution in [0.25, 0.3) is 0 Å². The molecular weight excluding hydrogens is 168 g/mol. The minimum absolute atomic E-state index is 0.0255. The maximum Gasteiger partial charge on any atom is 0.213 e. The Kier molecular flexibility index (Phi) is 2.69. The molecule has 0 radical (unpaired) electrons. The van der Waals surface area contributed by atoms with Crippen molar-refractivity contribution in [3.63, 3.8) is 0 Å². The minimum atomic E-state index is -0.591. The van der Waals surface area contributed by atoms with Gasteiger partial charge in [-0.2, -0.15) is 0 Å². The quantitative estimate of drug-likeness (QED) is 0.658. The molecule has 0 amide bonds. The monoisotopic (exact) mass is 188 g/mol. The summed E-state index contributed by atoms with van der Waals surface area (Å²) in [5.74, 6) is 0. The number of ether oxygens (including phenoxy) is 2. The second kappa shape index (κ2) is 3.20. The molecule has 0 aromatic carbocycles. The van der Waals surface area contributed by atoms with Gasteiger partial charge in [0.1, 0.15) is 0 Å². The van der Waals surface area contributed by atoms with Gasteiger partial charge in [0.15, 0.2) is 0 Å². The lowest BCUT2D eigenvalue weighted by atomic mass is 9.71. The predicted molar refractivity (Wildman–Crippen MR) is 50.8 cm³/mol. The van der Waals surface area contributed by atoms with Gasteiger partial charge in [0, 0.05) is 11.0 Å². The zero-order valence-corrected chi connectivity index (χ0v) is 8.83. The lowest BCUT2D eigenvalue weighted by molar-refractivity contribution is -0.0844. The molecule has 4 heteroatoms. The molecule has 0 spiro atoms. The predicted octanol–water partition coefficient (Wildman–Crippen LogP) is 0.408. The zero-order chi connectivity index (χ0) is 10.3. The van der Waals surface area contributed by atoms with Crippen LogP contribution in [0.5, 0.6) is 0 Å². The van der Waals surface area contributed by atoms with Crippen LogP contribution in [0.2, 0.25) is 0 Å². The van der Waals surface area contributed by atoms with Gasteiger partial charge in [0.2, 0.25) is 6.41 Å². The zero-order valence-electron chi connectivity index (χ0n) is 8.83. The molecule has 4 N–H and O–H groups in total. The normalized spacial score (nSPS) is 30.9. The highest BCUT2D eigenvalue weighted by atomic mass is 16.7. The SMILES string of the molecule is CC(C)(N)C(C)(C)C1COC(N)O1. The van der Waals surface area contributed by atoms with E-state index in [1.165, 1.54) is 0 Å². The molecule has 1 fully saturated rings. The summed E-state index contributed by atoms with van der Waals surface area (Å²) < 4.78 is 10.6. The number of nitrogens with two attached hydrogens (primary N) is 2. The molecule has 2 unspecified atom stereocenters. The number of hydrogen-bond donors (Lipinski definition) is 2. The first-order chi connectivity index (χ1) is 5.75. The maximum atomic E-state index is 6.06. The van der Waals surface area contributed by atoms with Gasteiger partial charge in [0.25, 0.3) is 0 Å². The van der Waals surface area contributed by atoms with Crippen molar-refractivity contribution in [2.24, 2.45) is 16.9 Å². The third kappa shape index (κ3) is 2.02. The maximum absolute atomic E-state index is 6.06. The Balaban J connectivity index is 2.70. The fraction of sp³-hybridized carbons (Fsp3) is 1.00. The molecule has 0 aromatic rings. The van der Waals surface area contributed by atoms with Crippen molar-refractivity contribution in [3.05, 3.63) is 0 Å². The highest BCUT2D eigenvalue weighted by Crippen LogP contribution is 2.36. The van der Waals surface area contributed by atoms with Crippen molar-refractivity contribution >= 4 is 0 Å². The Bertz CT molecular complexity index is 187. The van der Waals surface area contributed by atoms with E-state index in [4.69, 9.17) is 20.9 Å². The summed E-state index contributed by atoms with van der Waals surface area (Å²) in [5.41, 5.74) is 11.1. The molecule has 1 heterocycles. The Morgan fingerprint density at radius 2 is 1.77 bits per heavy atom. The van der Waals surface area contributed by atoms with Crippen LogP contribution in [0.4, 0.5) is 0 Å². The van der Waals surface area contributed by atoms with E-state index in [9.17, 15) is 0 Å². The van der Waals surface area contributed by atoms with Crippen LogP contribution in [0.1, 0.15) is 27.7 Å². The molecule has 1 aliphatic heterocycles. The van der Waals surface area contributed by atoms with Crippen LogP contribution < -0.4 is 11.5 Å². The van der Waals surface area contributed by atoms with Gasteiger partial charge >= 0.3 is 0 Å². The molecular formula is C9H20N2O2. The van der Waals surface area contributed by atoms with E-state index in [0.29, 0.717) is 6.61 Å². The van der Waals surface area contributed by atoms with Crippen LogP contribution in [0, 0.1) is 5.41 Å². The second-order valence-corrected chi connectivity index (χ2v) is 4.77. The third-order valence-corrected chi connectivity index (χ3v) is 3.18. The molecule has 13 heavy (non-hydrogen) atoms. The van der Waals surface area contributed by atoms with Crippen LogP contribution >= 0.6 is 0 Å². The average Bonchev–Trinajstić information content (AvgIpc) is 2.33. The first-order valence-electron chi connectivity index (χ1n) is 4.56. The van der Waals surface area contributed by atoms with Crippen LogP contribution in [-0.2, 0) is 9.47 Å². The lowest BCUT2D eigenvalue weighted by Gasteiger charge is -2.41. The summed E-state index contributed by atoms with van der Waals surface area (Å²) >= 11 is 0. The summed E-state index contributed by atoms with van der Waals surface area (Å²) in [6, 6.07) is 0. The third-order valence-electron chi connectivity index (χ3n) is 3.18. The summed E-state index contributed by atoms with van der Waals surface area (Å²) in [6.45, 7) is 8.63. The molecule has 1 aliphatic rings. The largest absolute Gasteiger partial charge is 0.337 e. The molecule has 78 valence electrons. The van der Waals surface area contributed by atoms with E-state index in [-0.39, 0.29) is 17.1 Å². The van der Waals surface area contributed by atoms with Crippen LogP contribution in [0.15, 0.2) is 0 Å². The Morgan fingerprint density at radius 3 is 2.08 bits per heavy atom. The van der Waals surface area contributed by atoms with Gasteiger partial charge in [0.05, 0.1) is 12.7 Å². The molecule has 2 atom stereocenters. The first kappa shape index (κ1) is 10.9. The van der Waals surface area contributed by atoms with E-state index >= 15 is 0 Å². The van der Waals surface area contributed by atoms with Gasteiger partial charge in [-0.25, -0.2) is 0 Å². The molecule has 1 rings (SSSR count). The van der Waals surface area contributed by atoms with E-state index in [2.05, 4.69) is 13.8 Å². The van der Waals surface area contributed by atoms with Crippen LogP contribution in [0.3, 0.4) is 0 Å². The van der Waals surface area contributed by atoms with Gasteiger partial charge in [-0.1, -0.05) is 13.8 Å². The summed E-state index contributed by atoms with van der Waals surface area (Å²) in [6.07, 6.45) is -0.617. The van der Waals surface area contributed by atoms with Crippen molar-refractivity contribution in [1.29, 1.82) is 0 Å². The fourth-order valence-electron chi connectivity index (χ4n) is 1.22. The van der Waals surface area contributed by atoms with Gasteiger partial charge in [-0.05, 0) is 13.8 Å². The lowest BCUT2D eigenvalue weighted by Crippen LogP contribution is -2.54. The van der Waals surface area contributed by atoms with Crippen molar-refractivity contribution in [1.82, 2.24) is 0 Å². The molecule has 0 saturated carbocycles. The topological polar surface area (TPSA) is 70.5 Å². The fourth-order valence-corrected chi connectivity index (χ4v) is 1.22. The average molecular weight is 188 g/mol. The highest BCUT2D eigenvalue weighted by molar-refractivity contribution is 4.96. The Labute approximate surface area is 79.6 Å². The number of hydrogen-bond acceptors (Lipinski definition) is 4. The summed E-state index contributed by atoms with van der Waals surface area (Å²) in [5, 5.41) is 0. The Hall–Kier alpha value is -0.160. The summed E-state index contributed by atoms with van der Waals surface area (Å²) in [7, 11) is 0. The molecule has 0 aliphatic carbocycles. The highest BCUT2D eigenvalue weighted by Gasteiger charge is 2.44. The standard InChI is InChI=1S/C9H20N2O2/c1-8(2,9(3,4)11)6-5-12-7(10)13-6/h6-7H,5,10-11H2,1-4H3. The van der Waals surface area contributed by atoms with E-state index in [0.717, 1.165) is 0 Å². The first-order valence-corrected chi connectivity index (χ1v) is 4.56. The number of rotatable bonds is 2. The van der Waals surface area contributed by atoms with Crippen LogP contribution in [-0.4, -0.2) is 24.7 Å². The van der Waals surface area contributed by atoms with Crippen molar-refractivity contribution in [2.75, 3.05) is 6.61 Å². The van der Waals surface area contributed by atoms with Gasteiger partial charge in [-0.3, -0.25) is 5.73 Å². The molecule has 1 saturated heterocycles. The Morgan fingerprint density at radius 1 is 1.23 bits per heavy atom. The summed E-state index contributed by atoms with van der Waals surface area (Å²) in [4.78, 5) is 0. The molecule has 0 bridgehead atoms. The van der Waals surface area contributed by atoms with E-state index in [1.54, 1.807) is 0 Å². The van der Waals surface area contributed by atoms with Gasteiger partial charge in [-0.15, -0.1) is 0 Å². The van der Waals surface area contributed by atoms with Gasteiger partial charge < -0.3 is 15.2 Å².